The van der Waals surface area contributed by atoms with E-state index in [9.17, 15) is 13.4 Å². The zero-order valence-electron chi connectivity index (χ0n) is 7.94. The van der Waals surface area contributed by atoms with Gasteiger partial charge in [0.05, 0.1) is 6.20 Å². The Hall–Kier alpha value is -2.11. The standard InChI is InChI=1S/C10H6F3N3/c11-8-6-14-10(16(12)13)15-9(8)7-4-2-1-3-5-7/h1-6H. The minimum Gasteiger partial charge on any atom is -0.214 e. The molecule has 2 rings (SSSR count). The van der Waals surface area contributed by atoms with E-state index in [0.717, 1.165) is 6.20 Å². The molecule has 0 aliphatic heterocycles. The molecule has 1 aromatic carbocycles. The van der Waals surface area contributed by atoms with Gasteiger partial charge in [-0.1, -0.05) is 39.3 Å². The second kappa shape index (κ2) is 4.18. The van der Waals surface area contributed by atoms with Gasteiger partial charge in [0.15, 0.2) is 5.82 Å². The third-order valence-electron chi connectivity index (χ3n) is 1.93. The largest absolute Gasteiger partial charge is 0.289 e. The number of benzene rings is 1. The lowest BCUT2D eigenvalue weighted by Gasteiger charge is -2.04. The second-order valence-electron chi connectivity index (χ2n) is 2.97. The third-order valence-corrected chi connectivity index (χ3v) is 1.93. The van der Waals surface area contributed by atoms with E-state index in [2.05, 4.69) is 9.97 Å². The molecule has 0 atom stereocenters. The summed E-state index contributed by atoms with van der Waals surface area (Å²) in [7, 11) is 0. The first kappa shape index (κ1) is 10.4. The lowest BCUT2D eigenvalue weighted by Crippen LogP contribution is -2.04. The van der Waals surface area contributed by atoms with Crippen LogP contribution in [0, 0.1) is 5.82 Å². The van der Waals surface area contributed by atoms with Crippen molar-refractivity contribution < 1.29 is 13.4 Å². The van der Waals surface area contributed by atoms with Gasteiger partial charge in [-0.15, -0.1) is 0 Å². The van der Waals surface area contributed by atoms with Crippen LogP contribution in [0.25, 0.3) is 11.3 Å². The zero-order valence-corrected chi connectivity index (χ0v) is 7.94. The SMILES string of the molecule is Fc1cnc(N(F)F)nc1-c1ccccc1. The molecule has 0 aliphatic rings. The minimum atomic E-state index is -1.26. The summed E-state index contributed by atoms with van der Waals surface area (Å²) in [5, 5.41) is -1.26. The van der Waals surface area contributed by atoms with Crippen molar-refractivity contribution in [3.05, 3.63) is 42.3 Å². The maximum Gasteiger partial charge on any atom is 0.289 e. The fourth-order valence-electron chi connectivity index (χ4n) is 1.24. The Kier molecular flexibility index (Phi) is 2.72. The zero-order chi connectivity index (χ0) is 11.5. The smallest absolute Gasteiger partial charge is 0.214 e. The number of hydrogen-bond acceptors (Lipinski definition) is 3. The summed E-state index contributed by atoms with van der Waals surface area (Å²) in [6.45, 7) is 0. The summed E-state index contributed by atoms with van der Waals surface area (Å²) < 4.78 is 37.7. The lowest BCUT2D eigenvalue weighted by molar-refractivity contribution is 0.227. The lowest BCUT2D eigenvalue weighted by atomic mass is 10.1. The van der Waals surface area contributed by atoms with Crippen molar-refractivity contribution >= 4 is 5.95 Å². The van der Waals surface area contributed by atoms with Crippen LogP contribution in [0.4, 0.5) is 19.3 Å². The molecule has 0 amide bonds. The van der Waals surface area contributed by atoms with Gasteiger partial charge in [-0.3, -0.25) is 0 Å². The Labute approximate surface area is 89.1 Å². The van der Waals surface area contributed by atoms with Crippen LogP contribution in [-0.4, -0.2) is 9.97 Å². The molecule has 1 heterocycles. The molecule has 0 bridgehead atoms. The van der Waals surface area contributed by atoms with Crippen LogP contribution in [0.2, 0.25) is 0 Å². The van der Waals surface area contributed by atoms with Crippen LogP contribution < -0.4 is 5.34 Å². The molecule has 0 aliphatic carbocycles. The normalized spacial score (nSPS) is 10.2. The molecule has 6 heteroatoms. The van der Waals surface area contributed by atoms with E-state index < -0.39 is 17.1 Å². The number of halogens is 3. The molecule has 0 fully saturated rings. The van der Waals surface area contributed by atoms with Gasteiger partial charge in [-0.25, -0.2) is 14.4 Å². The van der Waals surface area contributed by atoms with E-state index in [-0.39, 0.29) is 5.69 Å². The first-order valence-electron chi connectivity index (χ1n) is 4.38. The molecule has 3 nitrogen and oxygen atoms in total. The van der Waals surface area contributed by atoms with Gasteiger partial charge in [0.1, 0.15) is 5.69 Å². The van der Waals surface area contributed by atoms with E-state index in [1.807, 2.05) is 0 Å². The van der Waals surface area contributed by atoms with Gasteiger partial charge >= 0.3 is 0 Å². The molecule has 0 radical (unpaired) electrons. The average molecular weight is 225 g/mol. The molecule has 16 heavy (non-hydrogen) atoms. The fraction of sp³-hybridized carbons (Fsp3) is 0. The van der Waals surface area contributed by atoms with Crippen LogP contribution >= 0.6 is 0 Å². The van der Waals surface area contributed by atoms with Crippen molar-refractivity contribution in [3.8, 4) is 11.3 Å². The highest BCUT2D eigenvalue weighted by molar-refractivity contribution is 5.60. The van der Waals surface area contributed by atoms with Crippen LogP contribution in [0.3, 0.4) is 0 Å². The Morgan fingerprint density at radius 1 is 1.06 bits per heavy atom. The van der Waals surface area contributed by atoms with E-state index in [0.29, 0.717) is 5.56 Å². The van der Waals surface area contributed by atoms with Crippen LogP contribution in [-0.2, 0) is 0 Å². The number of rotatable bonds is 2. The highest BCUT2D eigenvalue weighted by Gasteiger charge is 2.13. The predicted octanol–water partition coefficient (Wildman–Crippen LogP) is 2.86. The van der Waals surface area contributed by atoms with Crippen molar-refractivity contribution in [1.82, 2.24) is 9.97 Å². The van der Waals surface area contributed by atoms with Crippen LogP contribution in [0.15, 0.2) is 36.5 Å². The Bertz CT molecular complexity index is 488. The van der Waals surface area contributed by atoms with Crippen molar-refractivity contribution in [2.24, 2.45) is 0 Å². The first-order chi connectivity index (χ1) is 7.68. The molecular weight excluding hydrogens is 219 g/mol. The molecule has 2 aromatic rings. The number of nitrogens with zero attached hydrogens (tertiary/aromatic N) is 3. The molecular formula is C10H6F3N3. The summed E-state index contributed by atoms with van der Waals surface area (Å²) >= 11 is 0. The molecule has 0 spiro atoms. The van der Waals surface area contributed by atoms with Gasteiger partial charge in [0.25, 0.3) is 5.95 Å². The monoisotopic (exact) mass is 225 g/mol. The van der Waals surface area contributed by atoms with Gasteiger partial charge in [0.2, 0.25) is 0 Å². The summed E-state index contributed by atoms with van der Waals surface area (Å²) in [5.74, 6) is -1.57. The summed E-state index contributed by atoms with van der Waals surface area (Å²) in [6.07, 6.45) is 0.719. The Balaban J connectivity index is 2.52. The first-order valence-corrected chi connectivity index (χ1v) is 4.38. The van der Waals surface area contributed by atoms with E-state index in [1.165, 1.54) is 0 Å². The van der Waals surface area contributed by atoms with Crippen LogP contribution in [0.1, 0.15) is 0 Å². The van der Waals surface area contributed by atoms with Crippen molar-refractivity contribution in [1.29, 1.82) is 0 Å². The molecule has 0 unspecified atom stereocenters. The summed E-state index contributed by atoms with van der Waals surface area (Å²) in [4.78, 5) is 6.59. The topological polar surface area (TPSA) is 29.0 Å². The number of hydrogen-bond donors (Lipinski definition) is 0. The number of aromatic nitrogens is 2. The maximum atomic E-state index is 13.3. The highest BCUT2D eigenvalue weighted by Crippen LogP contribution is 2.22. The average Bonchev–Trinajstić information content (AvgIpc) is 2.30. The van der Waals surface area contributed by atoms with E-state index >= 15 is 0 Å². The van der Waals surface area contributed by atoms with Gasteiger partial charge in [-0.05, 0) is 5.34 Å². The molecule has 1 aromatic heterocycles. The third kappa shape index (κ3) is 1.95. The van der Waals surface area contributed by atoms with E-state index in [1.54, 1.807) is 30.3 Å². The Morgan fingerprint density at radius 2 is 1.75 bits per heavy atom. The molecule has 0 N–H and O–H groups in total. The van der Waals surface area contributed by atoms with Gasteiger partial charge in [-0.2, -0.15) is 0 Å². The van der Waals surface area contributed by atoms with E-state index in [4.69, 9.17) is 0 Å². The van der Waals surface area contributed by atoms with Crippen molar-refractivity contribution in [2.75, 3.05) is 5.34 Å². The predicted molar refractivity (Wildman–Crippen MR) is 52.1 cm³/mol. The van der Waals surface area contributed by atoms with Crippen molar-refractivity contribution in [3.63, 3.8) is 0 Å². The van der Waals surface area contributed by atoms with Gasteiger partial charge in [0, 0.05) is 5.56 Å². The number of anilines is 1. The Morgan fingerprint density at radius 3 is 2.38 bits per heavy atom. The fourth-order valence-corrected chi connectivity index (χ4v) is 1.24. The van der Waals surface area contributed by atoms with Gasteiger partial charge < -0.3 is 0 Å². The quantitative estimate of drug-likeness (QED) is 0.736. The minimum absolute atomic E-state index is 0.147. The van der Waals surface area contributed by atoms with Crippen molar-refractivity contribution in [2.45, 2.75) is 0 Å². The summed E-state index contributed by atoms with van der Waals surface area (Å²) in [6, 6.07) is 8.23. The maximum absolute atomic E-state index is 13.3. The highest BCUT2D eigenvalue weighted by atomic mass is 19.4. The summed E-state index contributed by atoms with van der Waals surface area (Å²) in [5.41, 5.74) is 0.274. The molecule has 0 saturated carbocycles. The molecule has 0 saturated heterocycles. The molecule has 82 valence electrons. The second-order valence-corrected chi connectivity index (χ2v) is 2.97. The van der Waals surface area contributed by atoms with Crippen LogP contribution in [0.5, 0.6) is 0 Å².